The van der Waals surface area contributed by atoms with E-state index < -0.39 is 5.82 Å². The molecule has 0 radical (unpaired) electrons. The first kappa shape index (κ1) is 19.9. The summed E-state index contributed by atoms with van der Waals surface area (Å²) in [5, 5.41) is 0.633. The minimum Gasteiger partial charge on any atom is -0.336 e. The fourth-order valence-electron chi connectivity index (χ4n) is 3.19. The Bertz CT molecular complexity index is 999. The van der Waals surface area contributed by atoms with Crippen LogP contribution in [0.5, 0.6) is 0 Å². The maximum absolute atomic E-state index is 13.8. The summed E-state index contributed by atoms with van der Waals surface area (Å²) in [4.78, 5) is 28.3. The van der Waals surface area contributed by atoms with Gasteiger partial charge in [-0.2, -0.15) is 0 Å². The van der Waals surface area contributed by atoms with Gasteiger partial charge in [0, 0.05) is 47.9 Å². The average molecular weight is 380 g/mol. The van der Waals surface area contributed by atoms with Crippen LogP contribution in [0.15, 0.2) is 36.7 Å². The number of carbonyl (C=O) groups excluding carboxylic acids is 1. The minimum atomic E-state index is -0.391. The monoisotopic (exact) mass is 380 g/mol. The molecule has 6 heteroatoms. The van der Waals surface area contributed by atoms with E-state index in [-0.39, 0.29) is 17.9 Å². The van der Waals surface area contributed by atoms with Gasteiger partial charge >= 0.3 is 0 Å². The lowest BCUT2D eigenvalue weighted by Gasteiger charge is -2.26. The van der Waals surface area contributed by atoms with Crippen molar-refractivity contribution >= 4 is 16.8 Å². The van der Waals surface area contributed by atoms with Crippen molar-refractivity contribution in [2.24, 2.45) is 0 Å². The normalized spacial score (nSPS) is 11.4. The van der Waals surface area contributed by atoms with Crippen molar-refractivity contribution in [2.45, 2.75) is 46.6 Å². The first-order valence-electron chi connectivity index (χ1n) is 9.55. The van der Waals surface area contributed by atoms with Crippen LogP contribution in [-0.4, -0.2) is 38.3 Å². The van der Waals surface area contributed by atoms with Crippen LogP contribution in [0.3, 0.4) is 0 Å². The zero-order valence-electron chi connectivity index (χ0n) is 16.9. The maximum atomic E-state index is 13.8. The zero-order chi connectivity index (χ0) is 20.4. The van der Waals surface area contributed by atoms with Gasteiger partial charge in [-0.25, -0.2) is 19.3 Å². The van der Waals surface area contributed by atoms with Gasteiger partial charge in [-0.15, -0.1) is 0 Å². The largest absolute Gasteiger partial charge is 0.336 e. The van der Waals surface area contributed by atoms with E-state index in [9.17, 15) is 9.18 Å². The Labute approximate surface area is 164 Å². The van der Waals surface area contributed by atoms with E-state index in [0.29, 0.717) is 34.3 Å². The maximum Gasteiger partial charge on any atom is 0.254 e. The van der Waals surface area contributed by atoms with Crippen LogP contribution < -0.4 is 0 Å². The Morgan fingerprint density at radius 2 is 1.79 bits per heavy atom. The third-order valence-electron chi connectivity index (χ3n) is 4.71. The van der Waals surface area contributed by atoms with Crippen molar-refractivity contribution in [3.63, 3.8) is 0 Å². The molecular weight excluding hydrogens is 355 g/mol. The van der Waals surface area contributed by atoms with E-state index in [1.54, 1.807) is 29.4 Å². The van der Waals surface area contributed by atoms with E-state index in [1.165, 1.54) is 12.1 Å². The molecule has 2 aromatic heterocycles. The predicted octanol–water partition coefficient (Wildman–Crippen LogP) is 4.82. The molecule has 28 heavy (non-hydrogen) atoms. The lowest BCUT2D eigenvalue weighted by Crippen LogP contribution is -2.36. The molecule has 3 aromatic rings. The average Bonchev–Trinajstić information content (AvgIpc) is 2.67. The van der Waals surface area contributed by atoms with Gasteiger partial charge in [-0.3, -0.25) is 4.79 Å². The summed E-state index contributed by atoms with van der Waals surface area (Å²) >= 11 is 0. The van der Waals surface area contributed by atoms with Crippen LogP contribution in [0.25, 0.3) is 22.2 Å². The van der Waals surface area contributed by atoms with Gasteiger partial charge in [-0.05, 0) is 39.0 Å². The molecule has 1 aromatic carbocycles. The number of rotatable bonds is 5. The molecule has 3 rings (SSSR count). The molecule has 0 aliphatic heterocycles. The minimum absolute atomic E-state index is 0.0540. The number of aromatic nitrogens is 3. The van der Waals surface area contributed by atoms with Crippen LogP contribution in [-0.2, 0) is 0 Å². The highest BCUT2D eigenvalue weighted by Gasteiger charge is 2.21. The van der Waals surface area contributed by atoms with Crippen molar-refractivity contribution in [3.05, 3.63) is 53.9 Å². The van der Waals surface area contributed by atoms with Gasteiger partial charge in [0.2, 0.25) is 0 Å². The Morgan fingerprint density at radius 3 is 2.36 bits per heavy atom. The van der Waals surface area contributed by atoms with Crippen LogP contribution in [0.2, 0.25) is 0 Å². The number of halogens is 1. The van der Waals surface area contributed by atoms with Crippen LogP contribution >= 0.6 is 0 Å². The number of fused-ring (bicyclic) bond motifs is 1. The van der Waals surface area contributed by atoms with Gasteiger partial charge in [0.1, 0.15) is 11.6 Å². The standard InChI is InChI=1S/C22H25FN4O/c1-6-27(14(4)5)22(28)18-10-19(15-11-24-21(13(2)3)25-12-15)26-20-9-16(23)7-8-17(18)20/h7-14H,6H2,1-5H3. The fourth-order valence-corrected chi connectivity index (χ4v) is 3.19. The predicted molar refractivity (Wildman–Crippen MR) is 109 cm³/mol. The highest BCUT2D eigenvalue weighted by molar-refractivity contribution is 6.07. The third kappa shape index (κ3) is 3.86. The Hall–Kier alpha value is -2.89. The van der Waals surface area contributed by atoms with Gasteiger partial charge < -0.3 is 4.90 Å². The van der Waals surface area contributed by atoms with Gasteiger partial charge in [0.25, 0.3) is 5.91 Å². The molecule has 0 N–H and O–H groups in total. The zero-order valence-corrected chi connectivity index (χ0v) is 16.9. The summed E-state index contributed by atoms with van der Waals surface area (Å²) in [5.74, 6) is 0.466. The number of hydrogen-bond donors (Lipinski definition) is 0. The molecule has 0 saturated heterocycles. The highest BCUT2D eigenvalue weighted by atomic mass is 19.1. The van der Waals surface area contributed by atoms with E-state index >= 15 is 0 Å². The molecule has 0 atom stereocenters. The van der Waals surface area contributed by atoms with Crippen molar-refractivity contribution in [1.82, 2.24) is 19.9 Å². The number of pyridine rings is 1. The molecular formula is C22H25FN4O. The molecule has 0 bridgehead atoms. The van der Waals surface area contributed by atoms with Crippen molar-refractivity contribution in [3.8, 4) is 11.3 Å². The summed E-state index contributed by atoms with van der Waals surface area (Å²) in [5.41, 5.74) is 2.19. The van der Waals surface area contributed by atoms with Crippen molar-refractivity contribution in [2.75, 3.05) is 6.54 Å². The smallest absolute Gasteiger partial charge is 0.254 e. The summed E-state index contributed by atoms with van der Waals surface area (Å²) < 4.78 is 13.8. The summed E-state index contributed by atoms with van der Waals surface area (Å²) in [6, 6.07) is 6.12. The first-order valence-corrected chi connectivity index (χ1v) is 9.55. The number of benzene rings is 1. The molecule has 0 saturated carbocycles. The van der Waals surface area contributed by atoms with Crippen molar-refractivity contribution < 1.29 is 9.18 Å². The van der Waals surface area contributed by atoms with Gasteiger partial charge in [-0.1, -0.05) is 13.8 Å². The van der Waals surface area contributed by atoms with E-state index in [1.807, 2.05) is 34.6 Å². The molecule has 0 aliphatic rings. The van der Waals surface area contributed by atoms with Crippen LogP contribution in [0.1, 0.15) is 56.7 Å². The quantitative estimate of drug-likeness (QED) is 0.636. The third-order valence-corrected chi connectivity index (χ3v) is 4.71. The molecule has 146 valence electrons. The second kappa shape index (κ2) is 8.00. The first-order chi connectivity index (χ1) is 13.3. The molecule has 0 spiro atoms. The lowest BCUT2D eigenvalue weighted by molar-refractivity contribution is 0.0719. The topological polar surface area (TPSA) is 59.0 Å². The number of nitrogens with zero attached hydrogens (tertiary/aromatic N) is 4. The molecule has 5 nitrogen and oxygen atoms in total. The van der Waals surface area contributed by atoms with Crippen LogP contribution in [0.4, 0.5) is 4.39 Å². The van der Waals surface area contributed by atoms with E-state index in [4.69, 9.17) is 0 Å². The van der Waals surface area contributed by atoms with Crippen molar-refractivity contribution in [1.29, 1.82) is 0 Å². The molecule has 0 aliphatic carbocycles. The number of hydrogen-bond acceptors (Lipinski definition) is 4. The molecule has 1 amide bonds. The van der Waals surface area contributed by atoms with Gasteiger partial charge in [0.15, 0.2) is 0 Å². The van der Waals surface area contributed by atoms with E-state index in [0.717, 1.165) is 5.82 Å². The molecule has 2 heterocycles. The molecule has 0 fully saturated rings. The SMILES string of the molecule is CCN(C(=O)c1cc(-c2cnc(C(C)C)nc2)nc2cc(F)ccc12)C(C)C. The van der Waals surface area contributed by atoms with E-state index in [2.05, 4.69) is 15.0 Å². The summed E-state index contributed by atoms with van der Waals surface area (Å²) in [6.45, 7) is 10.5. The molecule has 0 unspecified atom stereocenters. The Kier molecular flexibility index (Phi) is 5.68. The number of amides is 1. The summed E-state index contributed by atoms with van der Waals surface area (Å²) in [6.07, 6.45) is 3.40. The summed E-state index contributed by atoms with van der Waals surface area (Å²) in [7, 11) is 0. The Morgan fingerprint density at radius 1 is 1.11 bits per heavy atom. The highest BCUT2D eigenvalue weighted by Crippen LogP contribution is 2.27. The second-order valence-electron chi connectivity index (χ2n) is 7.39. The number of carbonyl (C=O) groups is 1. The second-order valence-corrected chi connectivity index (χ2v) is 7.39. The lowest BCUT2D eigenvalue weighted by atomic mass is 10.0. The fraction of sp³-hybridized carbons (Fsp3) is 0.364. The van der Waals surface area contributed by atoms with Crippen LogP contribution in [0, 0.1) is 5.82 Å². The Balaban J connectivity index is 2.18. The van der Waals surface area contributed by atoms with Gasteiger partial charge in [0.05, 0.1) is 16.8 Å².